The predicted molar refractivity (Wildman–Crippen MR) is 125 cm³/mol. The molecule has 2 aromatic carbocycles. The molecule has 1 aromatic heterocycles. The fourth-order valence-corrected chi connectivity index (χ4v) is 4.89. The highest BCUT2D eigenvalue weighted by Crippen LogP contribution is 2.40. The number of benzene rings is 2. The van der Waals surface area contributed by atoms with Crippen molar-refractivity contribution in [3.63, 3.8) is 0 Å². The monoisotopic (exact) mass is 448 g/mol. The van der Waals surface area contributed by atoms with Crippen LogP contribution in [0.3, 0.4) is 0 Å². The van der Waals surface area contributed by atoms with Gasteiger partial charge in [0.1, 0.15) is 11.3 Å². The molecule has 8 heteroatoms. The van der Waals surface area contributed by atoms with E-state index in [2.05, 4.69) is 38.4 Å². The number of aromatic nitrogens is 2. The molecule has 3 heterocycles. The van der Waals surface area contributed by atoms with Gasteiger partial charge in [-0.1, -0.05) is 6.07 Å². The molecule has 1 saturated carbocycles. The van der Waals surface area contributed by atoms with Gasteiger partial charge < -0.3 is 29.2 Å². The topological polar surface area (TPSA) is 78.0 Å². The molecule has 2 fully saturated rings. The number of hydrogen-bond donors (Lipinski definition) is 1. The maximum atomic E-state index is 6.54. The van der Waals surface area contributed by atoms with E-state index in [1.165, 1.54) is 0 Å². The Balaban J connectivity index is 1.15. The van der Waals surface area contributed by atoms with Gasteiger partial charge in [0, 0.05) is 43.3 Å². The van der Waals surface area contributed by atoms with Crippen LogP contribution in [0.4, 0.5) is 11.4 Å². The highest BCUT2D eigenvalue weighted by Gasteiger charge is 2.26. The van der Waals surface area contributed by atoms with Crippen LogP contribution in [0.5, 0.6) is 17.2 Å². The zero-order chi connectivity index (χ0) is 22.0. The van der Waals surface area contributed by atoms with Gasteiger partial charge in [0.2, 0.25) is 6.79 Å². The van der Waals surface area contributed by atoms with E-state index in [-0.39, 0.29) is 12.9 Å². The summed E-state index contributed by atoms with van der Waals surface area (Å²) in [5.74, 6) is 2.45. The first-order valence-electron chi connectivity index (χ1n) is 11.7. The summed E-state index contributed by atoms with van der Waals surface area (Å²) in [6, 6.07) is 10.6. The van der Waals surface area contributed by atoms with Crippen molar-refractivity contribution in [3.05, 3.63) is 42.7 Å². The molecule has 0 spiro atoms. The number of nitrogens with one attached hydrogen (secondary N) is 1. The third kappa shape index (κ3) is 4.23. The van der Waals surface area contributed by atoms with Crippen molar-refractivity contribution in [2.45, 2.75) is 37.8 Å². The molecule has 0 unspecified atom stereocenters. The average molecular weight is 449 g/mol. The number of fused-ring (bicyclic) bond motifs is 2. The minimum absolute atomic E-state index is 0.161. The van der Waals surface area contributed by atoms with Crippen LogP contribution >= 0.6 is 0 Å². The minimum atomic E-state index is 0.161. The number of rotatable bonds is 5. The van der Waals surface area contributed by atoms with Gasteiger partial charge in [-0.15, -0.1) is 0 Å². The Morgan fingerprint density at radius 1 is 0.970 bits per heavy atom. The summed E-state index contributed by atoms with van der Waals surface area (Å²) in [5.41, 5.74) is 3.82. The molecule has 1 aliphatic carbocycles. The maximum absolute atomic E-state index is 6.54. The second kappa shape index (κ2) is 8.94. The molecule has 33 heavy (non-hydrogen) atoms. The van der Waals surface area contributed by atoms with E-state index in [1.807, 2.05) is 12.1 Å². The molecule has 8 nitrogen and oxygen atoms in total. The van der Waals surface area contributed by atoms with Gasteiger partial charge in [0.05, 0.1) is 30.5 Å². The van der Waals surface area contributed by atoms with E-state index in [9.17, 15) is 0 Å². The average Bonchev–Trinajstić information content (AvgIpc) is 3.36. The van der Waals surface area contributed by atoms with E-state index in [1.54, 1.807) is 12.4 Å². The SMILES string of the molecule is c1cc(N[C@H]2CC[C@@H](Oc3cc(N4CCOCC4)cc4nccnc34)CC2)c2c(c1)OCO2. The van der Waals surface area contributed by atoms with E-state index in [0.29, 0.717) is 6.04 Å². The lowest BCUT2D eigenvalue weighted by atomic mass is 9.92. The third-order valence-corrected chi connectivity index (χ3v) is 6.62. The molecule has 1 saturated heterocycles. The van der Waals surface area contributed by atoms with Crippen LogP contribution in [0.25, 0.3) is 11.0 Å². The Bertz CT molecular complexity index is 1130. The lowest BCUT2D eigenvalue weighted by molar-refractivity contribution is 0.122. The van der Waals surface area contributed by atoms with Crippen LogP contribution in [-0.4, -0.2) is 55.2 Å². The van der Waals surface area contributed by atoms with Crippen molar-refractivity contribution in [2.75, 3.05) is 43.3 Å². The lowest BCUT2D eigenvalue weighted by Gasteiger charge is -2.32. The van der Waals surface area contributed by atoms with Gasteiger partial charge in [0.15, 0.2) is 11.5 Å². The molecule has 172 valence electrons. The van der Waals surface area contributed by atoms with Crippen LogP contribution in [0.2, 0.25) is 0 Å². The Morgan fingerprint density at radius 2 is 1.82 bits per heavy atom. The summed E-state index contributed by atoms with van der Waals surface area (Å²) < 4.78 is 23.2. The molecule has 1 N–H and O–H groups in total. The smallest absolute Gasteiger partial charge is 0.231 e. The molecular formula is C25H28N4O4. The fourth-order valence-electron chi connectivity index (χ4n) is 4.89. The number of anilines is 2. The highest BCUT2D eigenvalue weighted by molar-refractivity contribution is 5.85. The van der Waals surface area contributed by atoms with Crippen LogP contribution in [0.1, 0.15) is 25.7 Å². The molecule has 3 aromatic rings. The molecule has 0 atom stereocenters. The summed E-state index contributed by atoms with van der Waals surface area (Å²) in [6.45, 7) is 3.52. The molecule has 2 aliphatic heterocycles. The van der Waals surface area contributed by atoms with Crippen LogP contribution in [0.15, 0.2) is 42.7 Å². The van der Waals surface area contributed by atoms with Crippen molar-refractivity contribution >= 4 is 22.4 Å². The lowest BCUT2D eigenvalue weighted by Crippen LogP contribution is -2.36. The van der Waals surface area contributed by atoms with Crippen LogP contribution in [-0.2, 0) is 4.74 Å². The third-order valence-electron chi connectivity index (χ3n) is 6.62. The summed E-state index contributed by atoms with van der Waals surface area (Å²) in [7, 11) is 0. The second-order valence-corrected chi connectivity index (χ2v) is 8.74. The van der Waals surface area contributed by atoms with Gasteiger partial charge in [0.25, 0.3) is 0 Å². The zero-order valence-electron chi connectivity index (χ0n) is 18.5. The number of para-hydroxylation sites is 1. The molecule has 0 amide bonds. The summed E-state index contributed by atoms with van der Waals surface area (Å²) in [6.07, 6.45) is 7.65. The largest absolute Gasteiger partial charge is 0.488 e. The van der Waals surface area contributed by atoms with Gasteiger partial charge in [-0.05, 0) is 43.9 Å². The van der Waals surface area contributed by atoms with Gasteiger partial charge in [-0.3, -0.25) is 4.98 Å². The Labute approximate surface area is 192 Å². The van der Waals surface area contributed by atoms with Crippen molar-refractivity contribution in [2.24, 2.45) is 0 Å². The molecule has 6 rings (SSSR count). The standard InChI is InChI=1S/C25H28N4O4/c1-2-20(25-22(3-1)31-16-32-25)28-17-4-6-19(7-5-17)33-23-15-18(29-10-12-30-13-11-29)14-21-24(23)27-9-8-26-21/h1-3,8-9,14-15,17,19,28H,4-7,10-13,16H2/t17-,19+. The maximum Gasteiger partial charge on any atom is 0.231 e. The molecular weight excluding hydrogens is 420 g/mol. The predicted octanol–water partition coefficient (Wildman–Crippen LogP) is 4.00. The van der Waals surface area contributed by atoms with Gasteiger partial charge in [-0.2, -0.15) is 0 Å². The molecule has 0 radical (unpaired) electrons. The van der Waals surface area contributed by atoms with E-state index in [0.717, 1.165) is 91.6 Å². The quantitative estimate of drug-likeness (QED) is 0.628. The van der Waals surface area contributed by atoms with Crippen molar-refractivity contribution in [1.82, 2.24) is 9.97 Å². The van der Waals surface area contributed by atoms with Crippen molar-refractivity contribution in [1.29, 1.82) is 0 Å². The Hall–Kier alpha value is -3.26. The Kier molecular flexibility index (Phi) is 5.51. The van der Waals surface area contributed by atoms with Gasteiger partial charge >= 0.3 is 0 Å². The van der Waals surface area contributed by atoms with Crippen LogP contribution in [0, 0.1) is 0 Å². The van der Waals surface area contributed by atoms with Crippen LogP contribution < -0.4 is 24.4 Å². The normalized spacial score (nSPS) is 22.4. The summed E-state index contributed by atoms with van der Waals surface area (Å²) >= 11 is 0. The van der Waals surface area contributed by atoms with E-state index < -0.39 is 0 Å². The van der Waals surface area contributed by atoms with E-state index in [4.69, 9.17) is 18.9 Å². The second-order valence-electron chi connectivity index (χ2n) is 8.74. The highest BCUT2D eigenvalue weighted by atomic mass is 16.7. The van der Waals surface area contributed by atoms with Gasteiger partial charge in [-0.25, -0.2) is 4.98 Å². The first kappa shape index (κ1) is 20.4. The summed E-state index contributed by atoms with van der Waals surface area (Å²) in [5, 5.41) is 3.65. The first-order valence-corrected chi connectivity index (χ1v) is 11.7. The van der Waals surface area contributed by atoms with E-state index >= 15 is 0 Å². The first-order chi connectivity index (χ1) is 16.3. The fraction of sp³-hybridized carbons (Fsp3) is 0.440. The van der Waals surface area contributed by atoms with Crippen molar-refractivity contribution < 1.29 is 18.9 Å². The van der Waals surface area contributed by atoms with Crippen molar-refractivity contribution in [3.8, 4) is 17.2 Å². The molecule has 0 bridgehead atoms. The number of hydrogen-bond acceptors (Lipinski definition) is 8. The zero-order valence-corrected chi connectivity index (χ0v) is 18.5. The summed E-state index contributed by atoms with van der Waals surface area (Å²) in [4.78, 5) is 11.4. The minimum Gasteiger partial charge on any atom is -0.488 e. The Morgan fingerprint density at radius 3 is 2.70 bits per heavy atom. The molecule has 3 aliphatic rings. The number of morpholine rings is 1. The number of nitrogens with zero attached hydrogens (tertiary/aromatic N) is 3. The number of ether oxygens (including phenoxy) is 4.